The van der Waals surface area contributed by atoms with Gasteiger partial charge in [-0.2, -0.15) is 0 Å². The molecule has 350 valence electrons. The SMILES string of the molecule is C=CCCCOCCOCCOc1ccc(COc2ccc(-c3ccc(CNCc4cc(O)c(OCCCCCCO)c(OC)c4)cc3)cc2)cc1OCCOCCOCCCC=C. The molecule has 0 saturated carbocycles. The maximum Gasteiger partial charge on any atom is 0.203 e. The van der Waals surface area contributed by atoms with E-state index < -0.39 is 0 Å². The van der Waals surface area contributed by atoms with Crippen LogP contribution in [0.3, 0.4) is 0 Å². The number of unbranched alkanes of at least 4 members (excludes halogenated alkanes) is 5. The first-order valence-electron chi connectivity index (χ1n) is 22.6. The standard InChI is InChI=1S/C52H71NO11/c1-4-6-11-25-57-28-30-59-32-34-61-49-23-16-43(37-50(49)62-35-33-60-31-29-58-26-12-7-5-2)41-64-47-21-19-46(20-22-47)45-17-14-42(15-18-45)39-53-40-44-36-48(55)52(51(38-44)56-3)63-27-13-9-8-10-24-54/h4-5,14-23,36-38,53-55H,1-2,6-13,24-35,39-41H2,3H3. The second-order valence-electron chi connectivity index (χ2n) is 15.0. The van der Waals surface area contributed by atoms with E-state index in [1.807, 2.05) is 48.6 Å². The van der Waals surface area contributed by atoms with Crippen LogP contribution in [-0.4, -0.2) is 96.6 Å². The minimum absolute atomic E-state index is 0.0577. The van der Waals surface area contributed by atoms with E-state index in [0.717, 1.165) is 84.9 Å². The van der Waals surface area contributed by atoms with Gasteiger partial charge in [-0.25, -0.2) is 0 Å². The van der Waals surface area contributed by atoms with Gasteiger partial charge in [0.2, 0.25) is 5.75 Å². The molecular weight excluding hydrogens is 815 g/mol. The molecule has 3 N–H and O–H groups in total. The molecule has 0 aliphatic rings. The topological polar surface area (TPSA) is 136 Å². The van der Waals surface area contributed by atoms with Crippen LogP contribution in [0.25, 0.3) is 11.1 Å². The highest BCUT2D eigenvalue weighted by atomic mass is 16.6. The van der Waals surface area contributed by atoms with Gasteiger partial charge in [0.05, 0.1) is 53.4 Å². The van der Waals surface area contributed by atoms with Gasteiger partial charge in [-0.3, -0.25) is 0 Å². The second kappa shape index (κ2) is 32.6. The first-order valence-corrected chi connectivity index (χ1v) is 22.6. The largest absolute Gasteiger partial charge is 0.504 e. The lowest BCUT2D eigenvalue weighted by atomic mass is 10.0. The number of aromatic hydroxyl groups is 1. The molecule has 0 unspecified atom stereocenters. The Morgan fingerprint density at radius 1 is 0.500 bits per heavy atom. The van der Waals surface area contributed by atoms with Crippen LogP contribution >= 0.6 is 0 Å². The number of ether oxygens (including phenoxy) is 9. The Bertz CT molecular complexity index is 1850. The van der Waals surface area contributed by atoms with Gasteiger partial charge in [-0.15, -0.1) is 13.2 Å². The Kier molecular flexibility index (Phi) is 26.2. The third kappa shape index (κ3) is 20.6. The van der Waals surface area contributed by atoms with Gasteiger partial charge in [0.1, 0.15) is 25.6 Å². The molecule has 0 aliphatic carbocycles. The van der Waals surface area contributed by atoms with E-state index in [1.165, 1.54) is 0 Å². The van der Waals surface area contributed by atoms with E-state index in [1.54, 1.807) is 13.2 Å². The molecule has 0 bridgehead atoms. The number of hydrogen-bond donors (Lipinski definition) is 3. The smallest absolute Gasteiger partial charge is 0.203 e. The number of allylic oxidation sites excluding steroid dienone is 2. The van der Waals surface area contributed by atoms with Crippen molar-refractivity contribution < 1.29 is 52.8 Å². The highest BCUT2D eigenvalue weighted by Gasteiger charge is 2.14. The van der Waals surface area contributed by atoms with Crippen molar-refractivity contribution in [2.75, 3.05) is 86.4 Å². The highest BCUT2D eigenvalue weighted by molar-refractivity contribution is 5.64. The van der Waals surface area contributed by atoms with Crippen LogP contribution < -0.4 is 29.0 Å². The number of hydrogen-bond acceptors (Lipinski definition) is 12. The van der Waals surface area contributed by atoms with E-state index in [-0.39, 0.29) is 12.4 Å². The van der Waals surface area contributed by atoms with Crippen LogP contribution in [0, 0.1) is 0 Å². The first kappa shape index (κ1) is 51.6. The fourth-order valence-electron chi connectivity index (χ4n) is 6.46. The van der Waals surface area contributed by atoms with Gasteiger partial charge in [-0.05, 0) is 109 Å². The Balaban J connectivity index is 1.23. The summed E-state index contributed by atoms with van der Waals surface area (Å²) in [5, 5.41) is 23.1. The summed E-state index contributed by atoms with van der Waals surface area (Å²) in [5.41, 5.74) is 5.15. The molecule has 0 radical (unpaired) electrons. The lowest BCUT2D eigenvalue weighted by Gasteiger charge is -2.15. The molecule has 4 aromatic carbocycles. The Hall–Kier alpha value is -5.08. The Morgan fingerprint density at radius 3 is 1.67 bits per heavy atom. The fraction of sp³-hybridized carbons (Fsp3) is 0.462. The number of aliphatic hydroxyl groups excluding tert-OH is 1. The predicted molar refractivity (Wildman–Crippen MR) is 252 cm³/mol. The zero-order valence-electron chi connectivity index (χ0n) is 37.9. The number of phenols is 1. The van der Waals surface area contributed by atoms with Crippen LogP contribution in [-0.2, 0) is 38.6 Å². The van der Waals surface area contributed by atoms with Crippen molar-refractivity contribution in [1.29, 1.82) is 0 Å². The normalized spacial score (nSPS) is 11.0. The fourth-order valence-corrected chi connectivity index (χ4v) is 6.46. The average Bonchev–Trinajstić information content (AvgIpc) is 3.32. The van der Waals surface area contributed by atoms with E-state index >= 15 is 0 Å². The summed E-state index contributed by atoms with van der Waals surface area (Å²) in [5.74, 6) is 2.91. The van der Waals surface area contributed by atoms with Crippen molar-refractivity contribution in [3.05, 3.63) is 121 Å². The maximum absolute atomic E-state index is 10.7. The van der Waals surface area contributed by atoms with E-state index in [9.17, 15) is 5.11 Å². The molecule has 12 nitrogen and oxygen atoms in total. The Morgan fingerprint density at radius 2 is 1.05 bits per heavy atom. The molecule has 0 heterocycles. The van der Waals surface area contributed by atoms with Crippen molar-refractivity contribution in [3.63, 3.8) is 0 Å². The molecule has 0 atom stereocenters. The van der Waals surface area contributed by atoms with Crippen molar-refractivity contribution >= 4 is 0 Å². The number of rotatable bonds is 38. The minimum atomic E-state index is 0.0577. The van der Waals surface area contributed by atoms with Crippen molar-refractivity contribution in [3.8, 4) is 45.6 Å². The van der Waals surface area contributed by atoms with E-state index in [4.69, 9.17) is 47.7 Å². The van der Waals surface area contributed by atoms with Crippen LogP contribution in [0.4, 0.5) is 0 Å². The maximum atomic E-state index is 10.7. The zero-order valence-corrected chi connectivity index (χ0v) is 37.9. The molecule has 0 aromatic heterocycles. The minimum Gasteiger partial charge on any atom is -0.504 e. The van der Waals surface area contributed by atoms with Crippen LogP contribution in [0.1, 0.15) is 68.1 Å². The van der Waals surface area contributed by atoms with Gasteiger partial charge in [-0.1, -0.05) is 61.0 Å². The number of phenolic OH excluding ortho intramolecular Hbond substituents is 1. The van der Waals surface area contributed by atoms with Crippen molar-refractivity contribution in [1.82, 2.24) is 5.32 Å². The lowest BCUT2D eigenvalue weighted by Crippen LogP contribution is -2.13. The Labute approximate surface area is 381 Å². The monoisotopic (exact) mass is 886 g/mol. The molecular formula is C52H71NO11. The molecule has 4 aromatic rings. The summed E-state index contributed by atoms with van der Waals surface area (Å²) in [6, 6.07) is 25.9. The van der Waals surface area contributed by atoms with Gasteiger partial charge >= 0.3 is 0 Å². The lowest BCUT2D eigenvalue weighted by molar-refractivity contribution is 0.0326. The molecule has 0 fully saturated rings. The summed E-state index contributed by atoms with van der Waals surface area (Å²) >= 11 is 0. The number of benzene rings is 4. The third-order valence-corrected chi connectivity index (χ3v) is 9.94. The molecule has 0 spiro atoms. The number of aliphatic hydroxyl groups is 1. The first-order chi connectivity index (χ1) is 31.5. The molecule has 12 heteroatoms. The quantitative estimate of drug-likeness (QED) is 0.0292. The highest BCUT2D eigenvalue weighted by Crippen LogP contribution is 2.38. The molecule has 0 aliphatic heterocycles. The summed E-state index contributed by atoms with van der Waals surface area (Å²) in [6.45, 7) is 14.8. The van der Waals surface area contributed by atoms with E-state index in [0.29, 0.717) is 115 Å². The number of nitrogens with one attached hydrogen (secondary N) is 1. The summed E-state index contributed by atoms with van der Waals surface area (Å²) in [7, 11) is 1.57. The van der Waals surface area contributed by atoms with Crippen molar-refractivity contribution in [2.24, 2.45) is 0 Å². The molecule has 0 amide bonds. The molecule has 0 saturated heterocycles. The van der Waals surface area contributed by atoms with Crippen LogP contribution in [0.5, 0.6) is 34.5 Å². The predicted octanol–water partition coefficient (Wildman–Crippen LogP) is 9.62. The van der Waals surface area contributed by atoms with E-state index in [2.05, 4.69) is 54.9 Å². The average molecular weight is 886 g/mol. The van der Waals surface area contributed by atoms with Crippen molar-refractivity contribution in [2.45, 2.75) is 71.1 Å². The van der Waals surface area contributed by atoms with Gasteiger partial charge in [0.15, 0.2) is 23.0 Å². The molecule has 64 heavy (non-hydrogen) atoms. The summed E-state index contributed by atoms with van der Waals surface area (Å²) in [6.07, 6.45) is 11.1. The van der Waals surface area contributed by atoms with Gasteiger partial charge < -0.3 is 58.2 Å². The van der Waals surface area contributed by atoms with Crippen LogP contribution in [0.2, 0.25) is 0 Å². The zero-order chi connectivity index (χ0) is 45.3. The molecule has 4 rings (SSSR count). The number of methoxy groups -OCH3 is 1. The third-order valence-electron chi connectivity index (χ3n) is 9.94. The van der Waals surface area contributed by atoms with Gasteiger partial charge in [0, 0.05) is 32.9 Å². The summed E-state index contributed by atoms with van der Waals surface area (Å²) in [4.78, 5) is 0. The summed E-state index contributed by atoms with van der Waals surface area (Å²) < 4.78 is 52.3. The van der Waals surface area contributed by atoms with Crippen LogP contribution in [0.15, 0.2) is 104 Å². The second-order valence-corrected chi connectivity index (χ2v) is 15.0. The van der Waals surface area contributed by atoms with Gasteiger partial charge in [0.25, 0.3) is 0 Å².